The number of carbonyl (C=O) groups excluding carboxylic acids is 1. The summed E-state index contributed by atoms with van der Waals surface area (Å²) < 4.78 is 47.5. The van der Waals surface area contributed by atoms with Gasteiger partial charge in [-0.05, 0) is 68.3 Å². The highest BCUT2D eigenvalue weighted by atomic mass is 32.2. The highest BCUT2D eigenvalue weighted by molar-refractivity contribution is 7.90. The van der Waals surface area contributed by atoms with E-state index in [1.807, 2.05) is 37.6 Å². The highest BCUT2D eigenvalue weighted by Gasteiger charge is 2.25. The van der Waals surface area contributed by atoms with Crippen molar-refractivity contribution in [2.75, 3.05) is 5.73 Å². The molecule has 0 fully saturated rings. The third-order valence-corrected chi connectivity index (χ3v) is 6.57. The fraction of sp³-hybridized carbons (Fsp3) is 0.115. The molecule has 4 N–H and O–H groups in total. The number of amides is 1. The van der Waals surface area contributed by atoms with Gasteiger partial charge >= 0.3 is 0 Å². The van der Waals surface area contributed by atoms with Crippen molar-refractivity contribution < 1.29 is 27.4 Å². The van der Waals surface area contributed by atoms with Crippen LogP contribution in [-0.4, -0.2) is 29.4 Å². The van der Waals surface area contributed by atoms with Crippen molar-refractivity contribution in [3.05, 3.63) is 88.7 Å². The first-order chi connectivity index (χ1) is 17.4. The number of aryl methyl sites for hydroxylation is 3. The fourth-order valence-corrected chi connectivity index (χ4v) is 4.75. The van der Waals surface area contributed by atoms with Gasteiger partial charge in [0.2, 0.25) is 5.88 Å². The number of phenolic OH excluding ortho intramolecular Hbond substituents is 1. The van der Waals surface area contributed by atoms with E-state index in [1.165, 1.54) is 36.4 Å². The van der Waals surface area contributed by atoms with Crippen molar-refractivity contribution in [3.8, 4) is 28.6 Å². The van der Waals surface area contributed by atoms with Gasteiger partial charge in [0, 0.05) is 11.6 Å². The van der Waals surface area contributed by atoms with Gasteiger partial charge in [-0.1, -0.05) is 23.8 Å². The summed E-state index contributed by atoms with van der Waals surface area (Å²) in [6.45, 7) is 5.56. The quantitative estimate of drug-likeness (QED) is 0.338. The first-order valence-electron chi connectivity index (χ1n) is 11.0. The molecule has 0 aliphatic rings. The van der Waals surface area contributed by atoms with Gasteiger partial charge in [-0.2, -0.15) is 8.42 Å². The monoisotopic (exact) mass is 522 g/mol. The van der Waals surface area contributed by atoms with Gasteiger partial charge in [0.1, 0.15) is 28.7 Å². The van der Waals surface area contributed by atoms with Crippen LogP contribution in [0, 0.1) is 26.6 Å². The summed E-state index contributed by atoms with van der Waals surface area (Å²) in [6, 6.07) is 13.8. The molecule has 0 atom stereocenters. The van der Waals surface area contributed by atoms with Gasteiger partial charge in [0.25, 0.3) is 15.9 Å². The standard InChI is InChI=1S/C26H23FN4O5S/c1-14-9-15(2)24(16(3)10-14)36-26-20(7-8-21(29-26)17-11-18(27)13-19(32)12-17)25(33)31-37(34,35)23-6-4-5-22(28)30-23/h4-13,32H,1-3H3,(H2,28,30)(H,31,33). The molecule has 37 heavy (non-hydrogen) atoms. The molecule has 0 aliphatic carbocycles. The van der Waals surface area contributed by atoms with Crippen molar-refractivity contribution in [1.82, 2.24) is 14.7 Å². The Morgan fingerprint density at radius 2 is 1.70 bits per heavy atom. The van der Waals surface area contributed by atoms with Crippen LogP contribution < -0.4 is 15.2 Å². The number of anilines is 1. The van der Waals surface area contributed by atoms with Crippen LogP contribution >= 0.6 is 0 Å². The van der Waals surface area contributed by atoms with Crippen LogP contribution in [-0.2, 0) is 10.0 Å². The van der Waals surface area contributed by atoms with Crippen LogP contribution in [0.4, 0.5) is 10.2 Å². The summed E-state index contributed by atoms with van der Waals surface area (Å²) >= 11 is 0. The van der Waals surface area contributed by atoms with Gasteiger partial charge in [-0.15, -0.1) is 0 Å². The van der Waals surface area contributed by atoms with Gasteiger partial charge < -0.3 is 15.6 Å². The molecular formula is C26H23FN4O5S. The van der Waals surface area contributed by atoms with E-state index in [0.717, 1.165) is 28.8 Å². The third kappa shape index (κ3) is 5.67. The number of hydrogen-bond donors (Lipinski definition) is 3. The normalized spacial score (nSPS) is 11.2. The van der Waals surface area contributed by atoms with Crippen LogP contribution in [0.25, 0.3) is 11.3 Å². The van der Waals surface area contributed by atoms with Gasteiger partial charge in [0.05, 0.1) is 5.69 Å². The number of hydrogen-bond acceptors (Lipinski definition) is 8. The van der Waals surface area contributed by atoms with Gasteiger partial charge in [-0.25, -0.2) is 19.1 Å². The SMILES string of the molecule is Cc1cc(C)c(Oc2nc(-c3cc(O)cc(F)c3)ccc2C(=O)NS(=O)(=O)c2cccc(N)n2)c(C)c1. The summed E-state index contributed by atoms with van der Waals surface area (Å²) in [5.74, 6) is -1.85. The maximum atomic E-state index is 13.9. The number of aromatic hydroxyl groups is 1. The molecule has 0 saturated carbocycles. The molecule has 0 unspecified atom stereocenters. The molecule has 0 aliphatic heterocycles. The Bertz CT molecular complexity index is 1600. The van der Waals surface area contributed by atoms with E-state index in [4.69, 9.17) is 10.5 Å². The lowest BCUT2D eigenvalue weighted by Gasteiger charge is -2.16. The molecule has 1 amide bonds. The van der Waals surface area contributed by atoms with Crippen LogP contribution in [0.15, 0.2) is 65.7 Å². The van der Waals surface area contributed by atoms with Crippen LogP contribution in [0.5, 0.6) is 17.4 Å². The largest absolute Gasteiger partial charge is 0.508 e. The number of phenols is 1. The summed E-state index contributed by atoms with van der Waals surface area (Å²) in [5, 5.41) is 9.38. The van der Waals surface area contributed by atoms with E-state index in [9.17, 15) is 22.7 Å². The number of sulfonamides is 1. The summed E-state index contributed by atoms with van der Waals surface area (Å²) in [7, 11) is -4.37. The maximum Gasteiger partial charge on any atom is 0.281 e. The fourth-order valence-electron chi connectivity index (χ4n) is 3.81. The zero-order chi connectivity index (χ0) is 26.9. The first-order valence-corrected chi connectivity index (χ1v) is 12.5. The van der Waals surface area contributed by atoms with E-state index >= 15 is 0 Å². The molecule has 0 radical (unpaired) electrons. The van der Waals surface area contributed by atoms with Crippen LogP contribution in [0.3, 0.4) is 0 Å². The lowest BCUT2D eigenvalue weighted by atomic mass is 10.1. The van der Waals surface area contributed by atoms with Crippen molar-refractivity contribution >= 4 is 21.7 Å². The Labute approximate surface area is 212 Å². The van der Waals surface area contributed by atoms with Crippen molar-refractivity contribution in [2.24, 2.45) is 0 Å². The van der Waals surface area contributed by atoms with E-state index in [0.29, 0.717) is 5.75 Å². The average molecular weight is 523 g/mol. The predicted molar refractivity (Wildman–Crippen MR) is 135 cm³/mol. The minimum Gasteiger partial charge on any atom is -0.508 e. The molecule has 4 aromatic rings. The van der Waals surface area contributed by atoms with Gasteiger partial charge in [0.15, 0.2) is 5.03 Å². The molecule has 11 heteroatoms. The Morgan fingerprint density at radius 1 is 1.00 bits per heavy atom. The Morgan fingerprint density at radius 3 is 2.35 bits per heavy atom. The van der Waals surface area contributed by atoms with E-state index < -0.39 is 26.8 Å². The molecule has 2 aromatic heterocycles. The lowest BCUT2D eigenvalue weighted by Crippen LogP contribution is -2.31. The maximum absolute atomic E-state index is 13.9. The van der Waals surface area contributed by atoms with Crippen molar-refractivity contribution in [1.29, 1.82) is 0 Å². The lowest BCUT2D eigenvalue weighted by molar-refractivity contribution is 0.0978. The zero-order valence-electron chi connectivity index (χ0n) is 20.1. The number of ether oxygens (including phenoxy) is 1. The van der Waals surface area contributed by atoms with E-state index in [-0.39, 0.29) is 34.3 Å². The second-order valence-corrected chi connectivity index (χ2v) is 10.0. The number of pyridine rings is 2. The van der Waals surface area contributed by atoms with Crippen LogP contribution in [0.2, 0.25) is 0 Å². The number of nitrogen functional groups attached to an aromatic ring is 1. The van der Waals surface area contributed by atoms with Gasteiger partial charge in [-0.3, -0.25) is 4.79 Å². The molecule has 190 valence electrons. The predicted octanol–water partition coefficient (Wildman–Crippen LogP) is 4.41. The van der Waals surface area contributed by atoms with E-state index in [1.54, 1.807) is 0 Å². The molecule has 2 aromatic carbocycles. The Kier molecular flexibility index (Phi) is 6.82. The number of nitrogens with two attached hydrogens (primary N) is 1. The number of aromatic nitrogens is 2. The number of nitrogens with one attached hydrogen (secondary N) is 1. The second kappa shape index (κ2) is 9.86. The number of rotatable bonds is 6. The minimum absolute atomic E-state index is 0.0333. The molecule has 0 spiro atoms. The zero-order valence-corrected chi connectivity index (χ0v) is 20.9. The van der Waals surface area contributed by atoms with Crippen molar-refractivity contribution in [2.45, 2.75) is 25.8 Å². The third-order valence-electron chi connectivity index (χ3n) is 5.33. The molecule has 9 nitrogen and oxygen atoms in total. The molecule has 4 rings (SSSR count). The van der Waals surface area contributed by atoms with E-state index in [2.05, 4.69) is 9.97 Å². The summed E-state index contributed by atoms with van der Waals surface area (Å²) in [4.78, 5) is 21.3. The van der Waals surface area contributed by atoms with Crippen LogP contribution in [0.1, 0.15) is 27.0 Å². The molecule has 2 heterocycles. The summed E-state index contributed by atoms with van der Waals surface area (Å²) in [6.07, 6.45) is 0. The molecule has 0 bridgehead atoms. The highest BCUT2D eigenvalue weighted by Crippen LogP contribution is 2.33. The Hall–Kier alpha value is -4.51. The molecule has 0 saturated heterocycles. The average Bonchev–Trinajstić information content (AvgIpc) is 2.80. The summed E-state index contributed by atoms with van der Waals surface area (Å²) in [5.41, 5.74) is 8.31. The molecular weight excluding hydrogens is 499 g/mol. The smallest absolute Gasteiger partial charge is 0.281 e. The number of carbonyl (C=O) groups is 1. The number of nitrogens with zero attached hydrogens (tertiary/aromatic N) is 2. The number of halogens is 1. The Balaban J connectivity index is 1.80. The van der Waals surface area contributed by atoms with Crippen molar-refractivity contribution in [3.63, 3.8) is 0 Å². The second-order valence-electron chi connectivity index (χ2n) is 8.41. The first kappa shape index (κ1) is 25.6. The minimum atomic E-state index is -4.37. The topological polar surface area (TPSA) is 144 Å². The number of benzene rings is 2.